The standard InChI is InChI=1S/C19H27N3O2.ClH/c20-17-9-11-22(12-10-17)19(24)16-7-5-14(6-8-16)13-21-18(23)15-3-1-2-4-15;/h5-8,15,17H,1-4,9-13,20H2,(H,21,23);1H. The maximum atomic E-state index is 12.5. The van der Waals surface area contributed by atoms with E-state index >= 15 is 0 Å². The Morgan fingerprint density at radius 2 is 1.64 bits per heavy atom. The average molecular weight is 366 g/mol. The normalized spacial score (nSPS) is 18.7. The fourth-order valence-electron chi connectivity index (χ4n) is 3.57. The van der Waals surface area contributed by atoms with Crippen LogP contribution >= 0.6 is 12.4 Å². The van der Waals surface area contributed by atoms with E-state index in [1.54, 1.807) is 0 Å². The number of hydrogen-bond donors (Lipinski definition) is 2. The van der Waals surface area contributed by atoms with Crippen molar-refractivity contribution in [3.8, 4) is 0 Å². The Labute approximate surface area is 155 Å². The van der Waals surface area contributed by atoms with Crippen LogP contribution in [-0.4, -0.2) is 35.8 Å². The lowest BCUT2D eigenvalue weighted by Crippen LogP contribution is -2.42. The summed E-state index contributed by atoms with van der Waals surface area (Å²) >= 11 is 0. The molecular formula is C19H28ClN3O2. The van der Waals surface area contributed by atoms with Gasteiger partial charge in [0.2, 0.25) is 5.91 Å². The topological polar surface area (TPSA) is 75.4 Å². The monoisotopic (exact) mass is 365 g/mol. The Morgan fingerprint density at radius 3 is 2.24 bits per heavy atom. The molecule has 1 aromatic carbocycles. The van der Waals surface area contributed by atoms with E-state index in [1.807, 2.05) is 29.2 Å². The molecule has 1 saturated heterocycles. The lowest BCUT2D eigenvalue weighted by atomic mass is 10.0. The van der Waals surface area contributed by atoms with Crippen molar-refractivity contribution in [2.45, 2.75) is 51.1 Å². The van der Waals surface area contributed by atoms with Crippen LogP contribution in [0.25, 0.3) is 0 Å². The zero-order valence-electron chi connectivity index (χ0n) is 14.6. The van der Waals surface area contributed by atoms with Crippen LogP contribution in [0, 0.1) is 5.92 Å². The fourth-order valence-corrected chi connectivity index (χ4v) is 3.57. The Bertz CT molecular complexity index is 577. The minimum absolute atomic E-state index is 0. The van der Waals surface area contributed by atoms with Crippen LogP contribution in [0.15, 0.2) is 24.3 Å². The first kappa shape index (κ1) is 19.7. The first-order chi connectivity index (χ1) is 11.6. The summed E-state index contributed by atoms with van der Waals surface area (Å²) < 4.78 is 0. The molecule has 0 bridgehead atoms. The van der Waals surface area contributed by atoms with Gasteiger partial charge in [0.05, 0.1) is 0 Å². The number of nitrogens with zero attached hydrogens (tertiary/aromatic N) is 1. The Kier molecular flexibility index (Phi) is 7.26. The molecule has 138 valence electrons. The third kappa shape index (κ3) is 5.19. The van der Waals surface area contributed by atoms with Gasteiger partial charge in [-0.25, -0.2) is 0 Å². The summed E-state index contributed by atoms with van der Waals surface area (Å²) in [5, 5.41) is 3.01. The van der Waals surface area contributed by atoms with Crippen molar-refractivity contribution in [1.29, 1.82) is 0 Å². The number of carbonyl (C=O) groups is 2. The third-order valence-electron chi connectivity index (χ3n) is 5.22. The Balaban J connectivity index is 0.00000225. The lowest BCUT2D eigenvalue weighted by molar-refractivity contribution is -0.124. The second kappa shape index (κ2) is 9.20. The first-order valence-corrected chi connectivity index (χ1v) is 9.05. The van der Waals surface area contributed by atoms with E-state index in [1.165, 1.54) is 0 Å². The molecule has 0 atom stereocenters. The molecule has 0 radical (unpaired) electrons. The molecule has 1 aliphatic carbocycles. The smallest absolute Gasteiger partial charge is 0.253 e. The van der Waals surface area contributed by atoms with Crippen LogP contribution < -0.4 is 11.1 Å². The molecular weight excluding hydrogens is 338 g/mol. The van der Waals surface area contributed by atoms with Crippen LogP contribution in [0.5, 0.6) is 0 Å². The van der Waals surface area contributed by atoms with Gasteiger partial charge >= 0.3 is 0 Å². The van der Waals surface area contributed by atoms with Gasteiger partial charge in [0, 0.05) is 37.2 Å². The highest BCUT2D eigenvalue weighted by Gasteiger charge is 2.23. The molecule has 3 N–H and O–H groups in total. The third-order valence-corrected chi connectivity index (χ3v) is 5.22. The summed E-state index contributed by atoms with van der Waals surface area (Å²) in [7, 11) is 0. The fraction of sp³-hybridized carbons (Fsp3) is 0.579. The van der Waals surface area contributed by atoms with Gasteiger partial charge < -0.3 is 16.0 Å². The van der Waals surface area contributed by atoms with E-state index in [4.69, 9.17) is 5.73 Å². The van der Waals surface area contributed by atoms with Gasteiger partial charge in [-0.15, -0.1) is 12.4 Å². The number of nitrogens with two attached hydrogens (primary N) is 1. The van der Waals surface area contributed by atoms with Crippen molar-refractivity contribution in [1.82, 2.24) is 10.2 Å². The van der Waals surface area contributed by atoms with Crippen LogP contribution in [-0.2, 0) is 11.3 Å². The molecule has 3 rings (SSSR count). The number of halogens is 1. The van der Waals surface area contributed by atoms with E-state index in [0.717, 1.165) is 57.2 Å². The van der Waals surface area contributed by atoms with E-state index in [9.17, 15) is 9.59 Å². The van der Waals surface area contributed by atoms with Crippen molar-refractivity contribution in [2.24, 2.45) is 11.7 Å². The predicted octanol–water partition coefficient (Wildman–Crippen LogP) is 2.48. The zero-order chi connectivity index (χ0) is 16.9. The summed E-state index contributed by atoms with van der Waals surface area (Å²) in [6.45, 7) is 2.00. The second-order valence-corrected chi connectivity index (χ2v) is 7.03. The predicted molar refractivity (Wildman–Crippen MR) is 101 cm³/mol. The number of piperidine rings is 1. The molecule has 1 aromatic rings. The van der Waals surface area contributed by atoms with Gasteiger partial charge in [0.25, 0.3) is 5.91 Å². The average Bonchev–Trinajstić information content (AvgIpc) is 3.15. The minimum atomic E-state index is 0. The largest absolute Gasteiger partial charge is 0.352 e. The minimum Gasteiger partial charge on any atom is -0.352 e. The van der Waals surface area contributed by atoms with Crippen molar-refractivity contribution < 1.29 is 9.59 Å². The van der Waals surface area contributed by atoms with E-state index < -0.39 is 0 Å². The highest BCUT2D eigenvalue weighted by Crippen LogP contribution is 2.24. The molecule has 2 aliphatic rings. The molecule has 5 nitrogen and oxygen atoms in total. The molecule has 1 heterocycles. The van der Waals surface area contributed by atoms with Gasteiger partial charge in [-0.3, -0.25) is 9.59 Å². The summed E-state index contributed by atoms with van der Waals surface area (Å²) in [6, 6.07) is 7.79. The molecule has 25 heavy (non-hydrogen) atoms. The molecule has 2 fully saturated rings. The number of likely N-dealkylation sites (tertiary alicyclic amines) is 1. The Hall–Kier alpha value is -1.59. The summed E-state index contributed by atoms with van der Waals surface area (Å²) in [5.41, 5.74) is 7.62. The number of amides is 2. The molecule has 1 saturated carbocycles. The molecule has 2 amide bonds. The van der Waals surface area contributed by atoms with Crippen molar-refractivity contribution in [2.75, 3.05) is 13.1 Å². The van der Waals surface area contributed by atoms with E-state index in [0.29, 0.717) is 12.1 Å². The highest BCUT2D eigenvalue weighted by atomic mass is 35.5. The lowest BCUT2D eigenvalue weighted by Gasteiger charge is -2.30. The maximum absolute atomic E-state index is 12.5. The number of rotatable bonds is 4. The Morgan fingerprint density at radius 1 is 1.04 bits per heavy atom. The van der Waals surface area contributed by atoms with Gasteiger partial charge in [-0.05, 0) is 43.4 Å². The molecule has 6 heteroatoms. The van der Waals surface area contributed by atoms with E-state index in [2.05, 4.69) is 5.32 Å². The highest BCUT2D eigenvalue weighted by molar-refractivity contribution is 5.94. The first-order valence-electron chi connectivity index (χ1n) is 9.05. The number of carbonyl (C=O) groups excluding carboxylic acids is 2. The number of nitrogens with one attached hydrogen (secondary N) is 1. The molecule has 0 unspecified atom stereocenters. The van der Waals surface area contributed by atoms with Crippen LogP contribution in [0.2, 0.25) is 0 Å². The maximum Gasteiger partial charge on any atom is 0.253 e. The second-order valence-electron chi connectivity index (χ2n) is 7.03. The quantitative estimate of drug-likeness (QED) is 0.860. The van der Waals surface area contributed by atoms with Crippen molar-refractivity contribution in [3.05, 3.63) is 35.4 Å². The van der Waals surface area contributed by atoms with Crippen molar-refractivity contribution >= 4 is 24.2 Å². The van der Waals surface area contributed by atoms with Crippen LogP contribution in [0.1, 0.15) is 54.4 Å². The zero-order valence-corrected chi connectivity index (χ0v) is 15.4. The van der Waals surface area contributed by atoms with E-state index in [-0.39, 0.29) is 36.2 Å². The summed E-state index contributed by atoms with van der Waals surface area (Å²) in [6.07, 6.45) is 6.10. The number of hydrogen-bond acceptors (Lipinski definition) is 3. The van der Waals surface area contributed by atoms with Crippen LogP contribution in [0.4, 0.5) is 0 Å². The summed E-state index contributed by atoms with van der Waals surface area (Å²) in [4.78, 5) is 26.4. The molecule has 1 aliphatic heterocycles. The van der Waals surface area contributed by atoms with Crippen LogP contribution in [0.3, 0.4) is 0 Å². The van der Waals surface area contributed by atoms with Gasteiger partial charge in [-0.2, -0.15) is 0 Å². The molecule has 0 aromatic heterocycles. The SMILES string of the molecule is Cl.NC1CCN(C(=O)c2ccc(CNC(=O)C3CCCC3)cc2)CC1. The van der Waals surface area contributed by atoms with Gasteiger partial charge in [0.15, 0.2) is 0 Å². The van der Waals surface area contributed by atoms with Gasteiger partial charge in [-0.1, -0.05) is 25.0 Å². The molecule has 0 spiro atoms. The van der Waals surface area contributed by atoms with Gasteiger partial charge in [0.1, 0.15) is 0 Å². The number of benzene rings is 1. The summed E-state index contributed by atoms with van der Waals surface area (Å²) in [5.74, 6) is 0.428. The van der Waals surface area contributed by atoms with Crippen molar-refractivity contribution in [3.63, 3.8) is 0 Å².